The molecule has 0 aliphatic rings. The number of rotatable bonds is 5. The summed E-state index contributed by atoms with van der Waals surface area (Å²) in [5, 5.41) is 10.6. The fourth-order valence-electron chi connectivity index (χ4n) is 2.27. The van der Waals surface area contributed by atoms with Crippen molar-refractivity contribution in [2.24, 2.45) is 0 Å². The van der Waals surface area contributed by atoms with E-state index in [0.29, 0.717) is 5.56 Å². The van der Waals surface area contributed by atoms with E-state index in [2.05, 4.69) is 0 Å². The number of aromatic nitrogens is 2. The largest absolute Gasteiger partial charge is 1.00 e. The minimum atomic E-state index is -0.483. The highest BCUT2D eigenvalue weighted by atomic mass is 79.9. The van der Waals surface area contributed by atoms with Crippen LogP contribution in [0.3, 0.4) is 0 Å². The summed E-state index contributed by atoms with van der Waals surface area (Å²) in [6.07, 6.45) is 5.52. The predicted octanol–water partition coefficient (Wildman–Crippen LogP) is -0.440. The van der Waals surface area contributed by atoms with Crippen molar-refractivity contribution in [3.8, 4) is 5.69 Å². The third kappa shape index (κ3) is 3.94. The number of imidazole rings is 1. The number of non-ortho nitro benzene ring substituents is 1. The Morgan fingerprint density at radius 3 is 2.38 bits per heavy atom. The molecule has 0 aliphatic heterocycles. The first-order valence-corrected chi connectivity index (χ1v) is 7.03. The fraction of sp³-hybridized carbons (Fsp3) is 0.0588. The molecular formula is C17H14BrN3O3. The molecule has 0 aliphatic carbocycles. The lowest BCUT2D eigenvalue weighted by Crippen LogP contribution is -3.00. The van der Waals surface area contributed by atoms with E-state index in [1.54, 1.807) is 4.57 Å². The molecule has 1 heterocycles. The van der Waals surface area contributed by atoms with Crippen molar-refractivity contribution in [3.63, 3.8) is 0 Å². The van der Waals surface area contributed by atoms with Gasteiger partial charge in [0.15, 0.2) is 6.54 Å². The zero-order valence-electron chi connectivity index (χ0n) is 12.6. The lowest BCUT2D eigenvalue weighted by Gasteiger charge is -1.98. The second-order valence-corrected chi connectivity index (χ2v) is 5.06. The van der Waals surface area contributed by atoms with Crippen LogP contribution in [-0.4, -0.2) is 15.3 Å². The van der Waals surface area contributed by atoms with Gasteiger partial charge in [0.2, 0.25) is 12.1 Å². The number of hydrogen-bond acceptors (Lipinski definition) is 3. The Morgan fingerprint density at radius 2 is 1.75 bits per heavy atom. The molecule has 0 N–H and O–H groups in total. The van der Waals surface area contributed by atoms with E-state index in [4.69, 9.17) is 0 Å². The number of ketones is 1. The van der Waals surface area contributed by atoms with Crippen LogP contribution < -0.4 is 21.5 Å². The van der Waals surface area contributed by atoms with Gasteiger partial charge >= 0.3 is 0 Å². The number of hydrogen-bond donors (Lipinski definition) is 0. The van der Waals surface area contributed by atoms with Gasteiger partial charge in [0.1, 0.15) is 18.1 Å². The number of benzene rings is 2. The van der Waals surface area contributed by atoms with Crippen LogP contribution in [-0.2, 0) is 6.54 Å². The molecule has 0 atom stereocenters. The zero-order chi connectivity index (χ0) is 16.2. The summed E-state index contributed by atoms with van der Waals surface area (Å²) in [5.74, 6) is -0.101. The van der Waals surface area contributed by atoms with Gasteiger partial charge < -0.3 is 17.0 Å². The lowest BCUT2D eigenvalue weighted by atomic mass is 10.1. The molecule has 0 spiro atoms. The van der Waals surface area contributed by atoms with Crippen molar-refractivity contribution < 1.29 is 31.3 Å². The summed E-state index contributed by atoms with van der Waals surface area (Å²) >= 11 is 0. The fourth-order valence-corrected chi connectivity index (χ4v) is 2.27. The van der Waals surface area contributed by atoms with Crippen LogP contribution in [0.5, 0.6) is 0 Å². The highest BCUT2D eigenvalue weighted by Crippen LogP contribution is 2.12. The normalized spacial score (nSPS) is 10.0. The molecule has 24 heavy (non-hydrogen) atoms. The number of halogens is 1. The van der Waals surface area contributed by atoms with Crippen LogP contribution in [0.15, 0.2) is 73.3 Å². The van der Waals surface area contributed by atoms with Crippen molar-refractivity contribution >= 4 is 11.5 Å². The van der Waals surface area contributed by atoms with E-state index in [-0.39, 0.29) is 35.0 Å². The standard InChI is InChI=1S/C17H14N3O3.BrH/c21-17(14-6-8-16(9-7-14)20(22)23)12-18-10-11-19(13-18)15-4-2-1-3-5-15;/h1-11,13H,12H2;1H/q+1;/p-1. The average molecular weight is 388 g/mol. The molecule has 0 unspecified atom stereocenters. The molecule has 3 aromatic rings. The van der Waals surface area contributed by atoms with Crippen LogP contribution in [0.2, 0.25) is 0 Å². The number of nitro groups is 1. The third-order valence-electron chi connectivity index (χ3n) is 3.47. The summed E-state index contributed by atoms with van der Waals surface area (Å²) in [4.78, 5) is 22.4. The molecule has 7 heteroatoms. The van der Waals surface area contributed by atoms with Gasteiger partial charge in [0, 0.05) is 17.7 Å². The SMILES string of the molecule is O=C(C[n+]1ccn(-c2ccccc2)c1)c1ccc([N+](=O)[O-])cc1.[Br-]. The number of nitro benzene ring substituents is 1. The molecule has 0 saturated heterocycles. The van der Waals surface area contributed by atoms with Gasteiger partial charge in [-0.15, -0.1) is 0 Å². The molecule has 3 rings (SSSR count). The van der Waals surface area contributed by atoms with Crippen LogP contribution in [0.4, 0.5) is 5.69 Å². The minimum Gasteiger partial charge on any atom is -1.00 e. The predicted molar refractivity (Wildman–Crippen MR) is 83.4 cm³/mol. The second-order valence-electron chi connectivity index (χ2n) is 5.06. The highest BCUT2D eigenvalue weighted by molar-refractivity contribution is 5.95. The van der Waals surface area contributed by atoms with E-state index in [9.17, 15) is 14.9 Å². The van der Waals surface area contributed by atoms with Gasteiger partial charge in [-0.25, -0.2) is 9.13 Å². The lowest BCUT2D eigenvalue weighted by molar-refractivity contribution is -0.682. The van der Waals surface area contributed by atoms with Crippen molar-refractivity contribution in [3.05, 3.63) is 89.0 Å². The quantitative estimate of drug-likeness (QED) is 0.258. The molecule has 2 aromatic carbocycles. The number of para-hydroxylation sites is 1. The van der Waals surface area contributed by atoms with Gasteiger partial charge in [-0.2, -0.15) is 0 Å². The highest BCUT2D eigenvalue weighted by Gasteiger charge is 2.14. The Kier molecular flexibility index (Phi) is 5.59. The van der Waals surface area contributed by atoms with E-state index in [1.807, 2.05) is 53.6 Å². The van der Waals surface area contributed by atoms with Crippen LogP contribution in [0.25, 0.3) is 5.69 Å². The second kappa shape index (κ2) is 7.65. The Morgan fingerprint density at radius 1 is 1.08 bits per heavy atom. The van der Waals surface area contributed by atoms with E-state index in [0.717, 1.165) is 5.69 Å². The molecule has 0 bridgehead atoms. The van der Waals surface area contributed by atoms with Gasteiger partial charge in [0.25, 0.3) is 5.69 Å². The molecule has 122 valence electrons. The molecule has 0 fully saturated rings. The Hall–Kier alpha value is -2.80. The van der Waals surface area contributed by atoms with Crippen LogP contribution >= 0.6 is 0 Å². The van der Waals surface area contributed by atoms with Gasteiger partial charge in [0.05, 0.1) is 4.92 Å². The maximum Gasteiger partial charge on any atom is 0.269 e. The Balaban J connectivity index is 0.00000208. The summed E-state index contributed by atoms with van der Waals surface area (Å²) in [6, 6.07) is 15.4. The number of Topliss-reactive ketones (excluding diaryl/α,β-unsaturated/α-hetero) is 1. The number of carbonyl (C=O) groups is 1. The van der Waals surface area contributed by atoms with Gasteiger partial charge in [-0.1, -0.05) is 18.2 Å². The van der Waals surface area contributed by atoms with Crippen molar-refractivity contribution in [2.75, 3.05) is 0 Å². The van der Waals surface area contributed by atoms with Crippen LogP contribution in [0, 0.1) is 10.1 Å². The maximum absolute atomic E-state index is 12.2. The van der Waals surface area contributed by atoms with Crippen LogP contribution in [0.1, 0.15) is 10.4 Å². The smallest absolute Gasteiger partial charge is 0.269 e. The van der Waals surface area contributed by atoms with E-state index < -0.39 is 4.92 Å². The molecule has 0 saturated carbocycles. The summed E-state index contributed by atoms with van der Waals surface area (Å²) in [5.41, 5.74) is 1.44. The Labute approximate surface area is 148 Å². The first-order chi connectivity index (χ1) is 11.1. The number of carbonyl (C=O) groups excluding carboxylic acids is 1. The Bertz CT molecular complexity index is 845. The number of nitrogens with zero attached hydrogens (tertiary/aromatic N) is 3. The van der Waals surface area contributed by atoms with Crippen molar-refractivity contribution in [1.82, 2.24) is 4.57 Å². The summed E-state index contributed by atoms with van der Waals surface area (Å²) < 4.78 is 3.69. The minimum absolute atomic E-state index is 0. The van der Waals surface area contributed by atoms with E-state index in [1.165, 1.54) is 24.3 Å². The molecule has 6 nitrogen and oxygen atoms in total. The first-order valence-electron chi connectivity index (χ1n) is 7.03. The average Bonchev–Trinajstić information content (AvgIpc) is 3.04. The topological polar surface area (TPSA) is 69.0 Å². The van der Waals surface area contributed by atoms with Crippen molar-refractivity contribution in [2.45, 2.75) is 6.54 Å². The summed E-state index contributed by atoms with van der Waals surface area (Å²) in [7, 11) is 0. The third-order valence-corrected chi connectivity index (χ3v) is 3.47. The zero-order valence-corrected chi connectivity index (χ0v) is 14.2. The van der Waals surface area contributed by atoms with Crippen molar-refractivity contribution in [1.29, 1.82) is 0 Å². The molecule has 1 aromatic heterocycles. The maximum atomic E-state index is 12.2. The first kappa shape index (κ1) is 17.6. The molecule has 0 radical (unpaired) electrons. The van der Waals surface area contributed by atoms with Gasteiger partial charge in [-0.05, 0) is 24.3 Å². The summed E-state index contributed by atoms with van der Waals surface area (Å²) in [6.45, 7) is 0.178. The molecule has 0 amide bonds. The van der Waals surface area contributed by atoms with E-state index >= 15 is 0 Å². The van der Waals surface area contributed by atoms with Gasteiger partial charge in [-0.3, -0.25) is 14.9 Å². The monoisotopic (exact) mass is 387 g/mol. The molecular weight excluding hydrogens is 374 g/mol.